The van der Waals surface area contributed by atoms with E-state index in [0.717, 1.165) is 42.7 Å². The number of alkyl halides is 3. The molecule has 2 aliphatic carbocycles. The number of fused-ring (bicyclic) bond motifs is 2. The highest BCUT2D eigenvalue weighted by atomic mass is 19.4. The predicted octanol–water partition coefficient (Wildman–Crippen LogP) is 5.97. The van der Waals surface area contributed by atoms with Gasteiger partial charge in [0.1, 0.15) is 5.56 Å². The first-order valence-electron chi connectivity index (χ1n) is 11.8. The maximum absolute atomic E-state index is 13.0. The molecule has 10 heteroatoms. The number of hydrogen-bond donors (Lipinski definition) is 1. The minimum Gasteiger partial charge on any atom is -0.379 e. The molecule has 7 nitrogen and oxygen atoms in total. The Morgan fingerprint density at radius 2 is 1.85 bits per heavy atom. The van der Waals surface area contributed by atoms with E-state index in [2.05, 4.69) is 19.2 Å². The average molecular weight is 487 g/mol. The maximum atomic E-state index is 13.0. The number of nitro benzene ring substituents is 1. The van der Waals surface area contributed by atoms with Crippen LogP contribution in [0.5, 0.6) is 0 Å². The third-order valence-electron chi connectivity index (χ3n) is 6.73. The van der Waals surface area contributed by atoms with Crippen LogP contribution in [0.3, 0.4) is 0 Å². The Morgan fingerprint density at radius 1 is 1.18 bits per heavy atom. The topological polar surface area (TPSA) is 90.7 Å². The molecule has 2 bridgehead atoms. The van der Waals surface area contributed by atoms with Crippen LogP contribution in [0, 0.1) is 27.9 Å². The van der Waals surface area contributed by atoms with E-state index in [1.165, 1.54) is 19.3 Å². The van der Waals surface area contributed by atoms with Gasteiger partial charge in [-0.05, 0) is 75.3 Å². The van der Waals surface area contributed by atoms with Crippen LogP contribution < -0.4 is 5.32 Å². The summed E-state index contributed by atoms with van der Waals surface area (Å²) in [5, 5.41) is 13.2. The monoisotopic (exact) mass is 486 g/mol. The van der Waals surface area contributed by atoms with Gasteiger partial charge in [-0.15, -0.1) is 0 Å². The number of hydrogen-bond acceptors (Lipinski definition) is 5. The van der Waals surface area contributed by atoms with Gasteiger partial charge in [-0.2, -0.15) is 13.2 Å². The van der Waals surface area contributed by atoms with Crippen LogP contribution in [0.2, 0.25) is 0 Å². The van der Waals surface area contributed by atoms with E-state index in [4.69, 9.17) is 9.47 Å². The molecule has 0 saturated heterocycles. The number of nitrogens with one attached hydrogen (secondary N) is 1. The molecule has 0 radical (unpaired) electrons. The number of amides is 1. The highest BCUT2D eigenvalue weighted by molar-refractivity contribution is 5.91. The molecule has 1 aromatic rings. The van der Waals surface area contributed by atoms with Gasteiger partial charge in [-0.25, -0.2) is 0 Å². The largest absolute Gasteiger partial charge is 0.423 e. The van der Waals surface area contributed by atoms with Crippen molar-refractivity contribution in [2.45, 2.75) is 70.6 Å². The number of rotatable bonds is 10. The number of carbonyl (C=O) groups excluding carboxylic acids is 1. The fourth-order valence-corrected chi connectivity index (χ4v) is 5.66. The van der Waals surface area contributed by atoms with Gasteiger partial charge in [0.15, 0.2) is 0 Å². The molecule has 1 N–H and O–H groups in total. The molecule has 2 fully saturated rings. The minimum absolute atomic E-state index is 0.0540. The van der Waals surface area contributed by atoms with Crippen molar-refractivity contribution in [1.82, 2.24) is 0 Å². The lowest BCUT2D eigenvalue weighted by molar-refractivity contribution is -0.388. The molecule has 2 unspecified atom stereocenters. The maximum Gasteiger partial charge on any atom is 0.423 e. The van der Waals surface area contributed by atoms with Crippen LogP contribution in [0.4, 0.5) is 24.5 Å². The number of nitro groups is 1. The van der Waals surface area contributed by atoms with Gasteiger partial charge in [-0.3, -0.25) is 14.9 Å². The second-order valence-corrected chi connectivity index (χ2v) is 10.0. The lowest BCUT2D eigenvalue weighted by Gasteiger charge is -2.47. The predicted molar refractivity (Wildman–Crippen MR) is 120 cm³/mol. The number of nitrogens with zero attached hydrogens (tertiary/aromatic N) is 1. The van der Waals surface area contributed by atoms with Crippen molar-refractivity contribution < 1.29 is 32.4 Å². The standard InChI is InChI=1S/C24H33F3N2O5/c1-16-10-17-12-18(11-16)15-23(2,14-17)34-9-8-33-7-3-4-22(30)28-19-5-6-21(29(31)32)20(13-19)24(25,26)27/h5-6,13,16-18H,3-4,7-12,14-15H2,1-2H3,(H,28,30). The van der Waals surface area contributed by atoms with Crippen molar-refractivity contribution in [3.63, 3.8) is 0 Å². The summed E-state index contributed by atoms with van der Waals surface area (Å²) in [6, 6.07) is 2.40. The number of benzene rings is 1. The Kier molecular flexibility index (Phi) is 8.57. The van der Waals surface area contributed by atoms with E-state index >= 15 is 0 Å². The molecular formula is C24H33F3N2O5. The van der Waals surface area contributed by atoms with Gasteiger partial charge in [0.25, 0.3) is 5.69 Å². The van der Waals surface area contributed by atoms with Crippen LogP contribution >= 0.6 is 0 Å². The van der Waals surface area contributed by atoms with Gasteiger partial charge in [0, 0.05) is 24.8 Å². The van der Waals surface area contributed by atoms with E-state index < -0.39 is 28.3 Å². The van der Waals surface area contributed by atoms with E-state index in [1.54, 1.807) is 0 Å². The Labute approximate surface area is 197 Å². The van der Waals surface area contributed by atoms with Gasteiger partial charge < -0.3 is 14.8 Å². The van der Waals surface area contributed by atoms with Crippen LogP contribution in [0.15, 0.2) is 18.2 Å². The van der Waals surface area contributed by atoms with Crippen molar-refractivity contribution in [2.75, 3.05) is 25.1 Å². The molecule has 34 heavy (non-hydrogen) atoms. The lowest BCUT2D eigenvalue weighted by atomic mass is 9.64. The number of anilines is 1. The summed E-state index contributed by atoms with van der Waals surface area (Å²) in [4.78, 5) is 21.8. The quantitative estimate of drug-likeness (QED) is 0.250. The molecule has 190 valence electrons. The van der Waals surface area contributed by atoms with Crippen LogP contribution in [-0.4, -0.2) is 36.3 Å². The molecule has 1 amide bonds. The van der Waals surface area contributed by atoms with Gasteiger partial charge in [-0.1, -0.05) is 6.92 Å². The van der Waals surface area contributed by atoms with E-state index in [-0.39, 0.29) is 17.7 Å². The van der Waals surface area contributed by atoms with E-state index in [0.29, 0.717) is 32.3 Å². The number of ether oxygens (including phenoxy) is 2. The molecular weight excluding hydrogens is 453 g/mol. The first-order chi connectivity index (χ1) is 15.9. The van der Waals surface area contributed by atoms with Crippen LogP contribution in [0.1, 0.15) is 64.4 Å². The van der Waals surface area contributed by atoms with Crippen LogP contribution in [0.25, 0.3) is 0 Å². The Hall–Kier alpha value is -2.20. The molecule has 2 saturated carbocycles. The first kappa shape index (κ1) is 26.4. The fourth-order valence-electron chi connectivity index (χ4n) is 5.66. The highest BCUT2D eigenvalue weighted by Gasteiger charge is 2.41. The zero-order valence-corrected chi connectivity index (χ0v) is 19.7. The smallest absolute Gasteiger partial charge is 0.379 e. The summed E-state index contributed by atoms with van der Waals surface area (Å²) in [6.45, 7) is 5.75. The number of halogens is 3. The van der Waals surface area contributed by atoms with E-state index in [9.17, 15) is 28.1 Å². The third kappa shape index (κ3) is 7.40. The van der Waals surface area contributed by atoms with Crippen molar-refractivity contribution in [2.24, 2.45) is 17.8 Å². The third-order valence-corrected chi connectivity index (χ3v) is 6.73. The summed E-state index contributed by atoms with van der Waals surface area (Å²) in [5.74, 6) is 1.81. The molecule has 1 aromatic carbocycles. The second-order valence-electron chi connectivity index (χ2n) is 10.0. The molecule has 0 aliphatic heterocycles. The molecule has 0 heterocycles. The summed E-state index contributed by atoms with van der Waals surface area (Å²) in [6.07, 6.45) is 1.61. The van der Waals surface area contributed by atoms with E-state index in [1.807, 2.05) is 0 Å². The minimum atomic E-state index is -4.90. The number of carbonyl (C=O) groups is 1. The Bertz CT molecular complexity index is 859. The molecule has 0 spiro atoms. The van der Waals surface area contributed by atoms with Gasteiger partial charge in [0.2, 0.25) is 5.91 Å². The SMILES string of the molecule is CC1CC2CC(C1)CC(C)(OCCOCCCC(=O)Nc1ccc([N+](=O)[O-])c(C(F)(F)F)c1)C2. The first-order valence-corrected chi connectivity index (χ1v) is 11.8. The summed E-state index contributed by atoms with van der Waals surface area (Å²) in [5.41, 5.74) is -2.70. The zero-order valence-electron chi connectivity index (χ0n) is 19.7. The van der Waals surface area contributed by atoms with Crippen molar-refractivity contribution >= 4 is 17.3 Å². The molecule has 2 aliphatic rings. The second kappa shape index (κ2) is 11.0. The van der Waals surface area contributed by atoms with Crippen LogP contribution in [-0.2, 0) is 20.4 Å². The lowest BCUT2D eigenvalue weighted by Crippen LogP contribution is -2.43. The summed E-state index contributed by atoms with van der Waals surface area (Å²) in [7, 11) is 0. The van der Waals surface area contributed by atoms with Gasteiger partial charge >= 0.3 is 6.18 Å². The molecule has 0 aromatic heterocycles. The highest BCUT2D eigenvalue weighted by Crippen LogP contribution is 2.47. The normalized spacial score (nSPS) is 26.8. The molecule has 3 rings (SSSR count). The summed E-state index contributed by atoms with van der Waals surface area (Å²) >= 11 is 0. The van der Waals surface area contributed by atoms with Crippen molar-refractivity contribution in [3.8, 4) is 0 Å². The van der Waals surface area contributed by atoms with Crippen molar-refractivity contribution in [3.05, 3.63) is 33.9 Å². The fraction of sp³-hybridized carbons (Fsp3) is 0.708. The zero-order chi connectivity index (χ0) is 24.9. The van der Waals surface area contributed by atoms with Gasteiger partial charge in [0.05, 0.1) is 23.7 Å². The summed E-state index contributed by atoms with van der Waals surface area (Å²) < 4.78 is 50.9. The Morgan fingerprint density at radius 3 is 2.47 bits per heavy atom. The van der Waals surface area contributed by atoms with Crippen molar-refractivity contribution in [1.29, 1.82) is 0 Å². The average Bonchev–Trinajstić information content (AvgIpc) is 2.71. The molecule has 2 atom stereocenters. The Balaban J connectivity index is 1.33.